The fourth-order valence-electron chi connectivity index (χ4n) is 4.99. The molecule has 0 spiro atoms. The Balaban J connectivity index is 1.70. The molecule has 0 aliphatic rings. The Morgan fingerprint density at radius 3 is 2.25 bits per heavy atom. The smallest absolute Gasteiger partial charge is 0.407 e. The molecule has 3 aromatic carbocycles. The lowest BCUT2D eigenvalue weighted by atomic mass is 10.00. The summed E-state index contributed by atoms with van der Waals surface area (Å²) in [6.45, 7) is 10.2. The van der Waals surface area contributed by atoms with Crippen LogP contribution >= 0.6 is 0 Å². The predicted octanol–water partition coefficient (Wildman–Crippen LogP) is 5.66. The van der Waals surface area contributed by atoms with Gasteiger partial charge in [0.15, 0.2) is 0 Å². The maximum absolute atomic E-state index is 13.4. The van der Waals surface area contributed by atoms with Gasteiger partial charge in [0, 0.05) is 24.7 Å². The highest BCUT2D eigenvalue weighted by molar-refractivity contribution is 7.92. The maximum atomic E-state index is 13.4. The van der Waals surface area contributed by atoms with E-state index in [0.29, 0.717) is 18.8 Å². The molecule has 4 rings (SSSR count). The van der Waals surface area contributed by atoms with Gasteiger partial charge < -0.3 is 19.9 Å². The molecule has 13 heteroatoms. The molecule has 0 saturated carbocycles. The molecule has 0 radical (unpaired) electrons. The van der Waals surface area contributed by atoms with Crippen molar-refractivity contribution in [3.63, 3.8) is 0 Å². The molecule has 1 amide bonds. The fraction of sp³-hybridized carbons (Fsp3) is 0.314. The number of nitrogens with one attached hydrogen (secondary N) is 2. The van der Waals surface area contributed by atoms with Crippen LogP contribution in [-0.2, 0) is 21.3 Å². The van der Waals surface area contributed by atoms with E-state index in [0.717, 1.165) is 28.3 Å². The number of carboxylic acid groups (broad SMARTS) is 1. The number of hydrogen-bond donors (Lipinski definition) is 3. The van der Waals surface area contributed by atoms with Crippen molar-refractivity contribution in [1.29, 1.82) is 0 Å². The van der Waals surface area contributed by atoms with Crippen LogP contribution in [0.1, 0.15) is 47.8 Å². The number of amides is 1. The number of carbonyl (C=O) groups is 2. The first-order valence-corrected chi connectivity index (χ1v) is 16.8. The maximum Gasteiger partial charge on any atom is 0.407 e. The summed E-state index contributed by atoms with van der Waals surface area (Å²) in [5.41, 5.74) is 3.16. The highest BCUT2D eigenvalue weighted by Gasteiger charge is 2.23. The van der Waals surface area contributed by atoms with Gasteiger partial charge >= 0.3 is 12.1 Å². The first-order valence-electron chi connectivity index (χ1n) is 15.3. The van der Waals surface area contributed by atoms with Crippen LogP contribution in [0.5, 0.6) is 5.88 Å². The molecule has 1 aromatic heterocycles. The number of carbonyl (C=O) groups excluding carboxylic acids is 1. The lowest BCUT2D eigenvalue weighted by Gasteiger charge is -2.26. The molecule has 0 bridgehead atoms. The second-order valence-corrected chi connectivity index (χ2v) is 14.1. The van der Waals surface area contributed by atoms with E-state index in [4.69, 9.17) is 9.47 Å². The number of nitrogens with zero attached hydrogens (tertiary/aromatic N) is 3. The summed E-state index contributed by atoms with van der Waals surface area (Å²) >= 11 is 0. The summed E-state index contributed by atoms with van der Waals surface area (Å²) in [7, 11) is -2.38. The second-order valence-electron chi connectivity index (χ2n) is 12.4. The van der Waals surface area contributed by atoms with Gasteiger partial charge in [-0.2, -0.15) is 4.98 Å². The zero-order valence-electron chi connectivity index (χ0n) is 27.9. The summed E-state index contributed by atoms with van der Waals surface area (Å²) in [6, 6.07) is 22.2. The topological polar surface area (TPSA) is 160 Å². The number of aromatic nitrogens is 2. The third-order valence-corrected chi connectivity index (χ3v) is 8.35. The van der Waals surface area contributed by atoms with Crippen LogP contribution in [0.2, 0.25) is 0 Å². The highest BCUT2D eigenvalue weighted by atomic mass is 32.2. The molecule has 0 saturated heterocycles. The van der Waals surface area contributed by atoms with Gasteiger partial charge in [0.1, 0.15) is 11.7 Å². The zero-order chi connectivity index (χ0) is 35.1. The standard InChI is InChI=1S/C35H41N5O7S/c1-23-12-10-13-24(2)31(23)29-19-30(38-33(37-29)39-48(44,45)28-17-11-16-26(18-28)32(41)42)46-27(20-36-34(43)47-35(3,4)5)22-40(6)21-25-14-8-7-9-15-25/h7-19,27H,20-22H2,1-6H3,(H,36,43)(H,41,42)(H,37,38,39). The minimum absolute atomic E-state index is 0.0554. The van der Waals surface area contributed by atoms with Crippen molar-refractivity contribution in [2.75, 3.05) is 24.9 Å². The number of likely N-dealkylation sites (N-methyl/N-ethyl adjacent to an activating group) is 1. The zero-order valence-corrected chi connectivity index (χ0v) is 28.7. The summed E-state index contributed by atoms with van der Waals surface area (Å²) in [5.74, 6) is -1.48. The van der Waals surface area contributed by atoms with E-state index in [1.54, 1.807) is 26.8 Å². The van der Waals surface area contributed by atoms with Crippen LogP contribution in [-0.4, -0.2) is 72.3 Å². The molecule has 0 aliphatic heterocycles. The number of benzene rings is 3. The Hall–Kier alpha value is -5.01. The number of hydrogen-bond acceptors (Lipinski definition) is 9. The van der Waals surface area contributed by atoms with E-state index in [-0.39, 0.29) is 28.8 Å². The van der Waals surface area contributed by atoms with Crippen molar-refractivity contribution < 1.29 is 32.6 Å². The van der Waals surface area contributed by atoms with Gasteiger partial charge in [-0.1, -0.05) is 54.6 Å². The SMILES string of the molecule is Cc1cccc(C)c1-c1cc(OC(CNC(=O)OC(C)(C)C)CN(C)Cc2ccccc2)nc(NS(=O)(=O)c2cccc(C(=O)O)c2)n1. The van der Waals surface area contributed by atoms with Crippen LogP contribution in [0.15, 0.2) is 83.8 Å². The molecule has 4 aromatic rings. The Morgan fingerprint density at radius 1 is 0.938 bits per heavy atom. The predicted molar refractivity (Wildman–Crippen MR) is 183 cm³/mol. The number of ether oxygens (including phenoxy) is 2. The van der Waals surface area contributed by atoms with Crippen LogP contribution < -0.4 is 14.8 Å². The van der Waals surface area contributed by atoms with Gasteiger partial charge in [-0.3, -0.25) is 4.90 Å². The normalized spacial score (nSPS) is 12.3. The number of carboxylic acids is 1. The van der Waals surface area contributed by atoms with Crippen LogP contribution in [0.3, 0.4) is 0 Å². The van der Waals surface area contributed by atoms with Crippen molar-refractivity contribution in [1.82, 2.24) is 20.2 Å². The third kappa shape index (κ3) is 10.2. The fourth-order valence-corrected chi connectivity index (χ4v) is 5.98. The minimum atomic E-state index is -4.30. The van der Waals surface area contributed by atoms with Crippen LogP contribution in [0, 0.1) is 13.8 Å². The van der Waals surface area contributed by atoms with Gasteiger partial charge in [0.05, 0.1) is 22.7 Å². The summed E-state index contributed by atoms with van der Waals surface area (Å²) in [6.07, 6.45) is -1.26. The summed E-state index contributed by atoms with van der Waals surface area (Å²) < 4.78 is 41.0. The number of rotatable bonds is 13. The monoisotopic (exact) mass is 675 g/mol. The van der Waals surface area contributed by atoms with Gasteiger partial charge in [-0.15, -0.1) is 0 Å². The minimum Gasteiger partial charge on any atom is -0.478 e. The van der Waals surface area contributed by atoms with E-state index >= 15 is 0 Å². The lowest BCUT2D eigenvalue weighted by molar-refractivity contribution is 0.0485. The molecule has 3 N–H and O–H groups in total. The molecular formula is C35H41N5O7S. The number of aryl methyl sites for hydroxylation is 2. The molecule has 1 heterocycles. The average molecular weight is 676 g/mol. The number of aromatic carboxylic acids is 1. The number of alkyl carbamates (subject to hydrolysis) is 1. The van der Waals surface area contributed by atoms with E-state index in [1.807, 2.05) is 74.3 Å². The molecule has 0 fully saturated rings. The Kier molecular flexibility index (Phi) is 11.4. The Bertz CT molecular complexity index is 1840. The van der Waals surface area contributed by atoms with Crippen molar-refractivity contribution in [3.05, 3.63) is 101 Å². The van der Waals surface area contributed by atoms with Crippen molar-refractivity contribution in [2.24, 2.45) is 0 Å². The average Bonchev–Trinajstić information content (AvgIpc) is 2.99. The molecule has 12 nitrogen and oxygen atoms in total. The van der Waals surface area contributed by atoms with E-state index in [1.165, 1.54) is 18.2 Å². The summed E-state index contributed by atoms with van der Waals surface area (Å²) in [4.78, 5) is 34.8. The van der Waals surface area contributed by atoms with E-state index in [2.05, 4.69) is 20.0 Å². The van der Waals surface area contributed by atoms with E-state index in [9.17, 15) is 23.1 Å². The number of sulfonamides is 1. The van der Waals surface area contributed by atoms with Gasteiger partial charge in [-0.25, -0.2) is 27.7 Å². The summed E-state index contributed by atoms with van der Waals surface area (Å²) in [5, 5.41) is 12.2. The third-order valence-electron chi connectivity index (χ3n) is 7.03. The largest absolute Gasteiger partial charge is 0.478 e. The molecule has 48 heavy (non-hydrogen) atoms. The molecule has 1 atom stereocenters. The molecule has 1 unspecified atom stereocenters. The van der Waals surface area contributed by atoms with Gasteiger partial charge in [-0.05, 0) is 76.6 Å². The molecule has 254 valence electrons. The second kappa shape index (κ2) is 15.3. The quantitative estimate of drug-likeness (QED) is 0.161. The van der Waals surface area contributed by atoms with Crippen LogP contribution in [0.4, 0.5) is 10.7 Å². The van der Waals surface area contributed by atoms with Gasteiger partial charge in [0.2, 0.25) is 11.8 Å². The number of anilines is 1. The highest BCUT2D eigenvalue weighted by Crippen LogP contribution is 2.30. The lowest BCUT2D eigenvalue weighted by Crippen LogP contribution is -2.43. The van der Waals surface area contributed by atoms with Crippen LogP contribution in [0.25, 0.3) is 11.3 Å². The Labute approximate surface area is 281 Å². The van der Waals surface area contributed by atoms with Crippen molar-refractivity contribution >= 4 is 28.0 Å². The van der Waals surface area contributed by atoms with E-state index < -0.39 is 33.8 Å². The molecule has 0 aliphatic carbocycles. The van der Waals surface area contributed by atoms with Crippen molar-refractivity contribution in [2.45, 2.75) is 57.8 Å². The van der Waals surface area contributed by atoms with Crippen molar-refractivity contribution in [3.8, 4) is 17.1 Å². The van der Waals surface area contributed by atoms with Gasteiger partial charge in [0.25, 0.3) is 10.0 Å². The first kappa shape index (κ1) is 35.8. The first-order chi connectivity index (χ1) is 22.6. The Morgan fingerprint density at radius 2 is 1.60 bits per heavy atom. The molecular weight excluding hydrogens is 634 g/mol.